The normalized spacial score (nSPS) is 15.3. The fourth-order valence-electron chi connectivity index (χ4n) is 3.42. The van der Waals surface area contributed by atoms with Crippen molar-refractivity contribution >= 4 is 11.7 Å². The molecule has 1 saturated heterocycles. The van der Waals surface area contributed by atoms with Crippen molar-refractivity contribution in [3.63, 3.8) is 0 Å². The Labute approximate surface area is 171 Å². The molecule has 0 unspecified atom stereocenters. The van der Waals surface area contributed by atoms with Gasteiger partial charge in [-0.15, -0.1) is 0 Å². The largest absolute Gasteiger partial charge is 0.433 e. The van der Waals surface area contributed by atoms with E-state index in [9.17, 15) is 26.7 Å². The van der Waals surface area contributed by atoms with Crippen LogP contribution in [0.3, 0.4) is 0 Å². The van der Waals surface area contributed by atoms with E-state index < -0.39 is 29.4 Å². The second-order valence-corrected chi connectivity index (χ2v) is 7.58. The third kappa shape index (κ3) is 5.67. The lowest BCUT2D eigenvalue weighted by Crippen LogP contribution is -2.35. The number of amides is 1. The molecule has 4 nitrogen and oxygen atoms in total. The summed E-state index contributed by atoms with van der Waals surface area (Å²) >= 11 is 0. The lowest BCUT2D eigenvalue weighted by atomic mass is 9.99. The maximum absolute atomic E-state index is 13.3. The molecule has 3 rings (SSSR count). The van der Waals surface area contributed by atoms with E-state index in [0.29, 0.717) is 30.6 Å². The number of pyridine rings is 1. The van der Waals surface area contributed by atoms with Crippen molar-refractivity contribution in [1.29, 1.82) is 0 Å². The Morgan fingerprint density at radius 1 is 1.13 bits per heavy atom. The first-order valence-electron chi connectivity index (χ1n) is 9.65. The van der Waals surface area contributed by atoms with E-state index in [1.165, 1.54) is 6.07 Å². The maximum atomic E-state index is 13.3. The number of benzene rings is 1. The average Bonchev–Trinajstić information content (AvgIpc) is 2.65. The number of anilines is 1. The molecule has 2 aromatic rings. The first-order chi connectivity index (χ1) is 14.1. The summed E-state index contributed by atoms with van der Waals surface area (Å²) in [6, 6.07) is 5.03. The van der Waals surface area contributed by atoms with Crippen molar-refractivity contribution in [3.05, 3.63) is 58.8 Å². The number of hydrogen-bond donors (Lipinski definition) is 1. The van der Waals surface area contributed by atoms with Gasteiger partial charge in [0.1, 0.15) is 23.1 Å². The molecule has 1 aliphatic heterocycles. The van der Waals surface area contributed by atoms with Crippen molar-refractivity contribution in [2.45, 2.75) is 38.9 Å². The van der Waals surface area contributed by atoms with Gasteiger partial charge in [-0.2, -0.15) is 13.2 Å². The van der Waals surface area contributed by atoms with Crippen molar-refractivity contribution in [2.75, 3.05) is 18.0 Å². The topological polar surface area (TPSA) is 45.2 Å². The third-order valence-corrected chi connectivity index (χ3v) is 5.09. The smallest absolute Gasteiger partial charge is 0.356 e. The molecule has 1 aliphatic rings. The van der Waals surface area contributed by atoms with Crippen LogP contribution < -0.4 is 10.2 Å². The van der Waals surface area contributed by atoms with E-state index in [4.69, 9.17) is 0 Å². The SMILES string of the molecule is CC1CCN(c2nc(C(F)(F)F)ccc2CNC(=O)Cc2cc(F)cc(F)c2)CC1. The molecule has 2 heterocycles. The molecule has 0 saturated carbocycles. The molecule has 1 fully saturated rings. The molecule has 0 spiro atoms. The van der Waals surface area contributed by atoms with Crippen molar-refractivity contribution in [2.24, 2.45) is 5.92 Å². The maximum Gasteiger partial charge on any atom is 0.433 e. The highest BCUT2D eigenvalue weighted by atomic mass is 19.4. The van der Waals surface area contributed by atoms with Gasteiger partial charge in [-0.25, -0.2) is 13.8 Å². The number of halogens is 5. The molecule has 0 radical (unpaired) electrons. The summed E-state index contributed by atoms with van der Waals surface area (Å²) in [6.07, 6.45) is -3.13. The number of aromatic nitrogens is 1. The molecular weight excluding hydrogens is 405 g/mol. The Kier molecular flexibility index (Phi) is 6.58. The molecule has 162 valence electrons. The number of alkyl halides is 3. The zero-order valence-electron chi connectivity index (χ0n) is 16.4. The Bertz CT molecular complexity index is 888. The fraction of sp³-hybridized carbons (Fsp3) is 0.429. The van der Waals surface area contributed by atoms with Gasteiger partial charge in [0.2, 0.25) is 5.91 Å². The van der Waals surface area contributed by atoms with Crippen LogP contribution in [0.4, 0.5) is 27.8 Å². The van der Waals surface area contributed by atoms with Crippen molar-refractivity contribution in [3.8, 4) is 0 Å². The molecule has 0 atom stereocenters. The van der Waals surface area contributed by atoms with Gasteiger partial charge in [0.15, 0.2) is 0 Å². The lowest BCUT2D eigenvalue weighted by molar-refractivity contribution is -0.141. The zero-order chi connectivity index (χ0) is 21.9. The van der Waals surface area contributed by atoms with Gasteiger partial charge in [0.25, 0.3) is 0 Å². The van der Waals surface area contributed by atoms with Crippen LogP contribution in [0.25, 0.3) is 0 Å². The highest BCUT2D eigenvalue weighted by molar-refractivity contribution is 5.78. The number of nitrogens with zero attached hydrogens (tertiary/aromatic N) is 2. The Morgan fingerprint density at radius 3 is 2.37 bits per heavy atom. The molecule has 0 aliphatic carbocycles. The predicted octanol–water partition coefficient (Wildman–Crippen LogP) is 4.47. The number of piperidine rings is 1. The van der Waals surface area contributed by atoms with Gasteiger partial charge >= 0.3 is 6.18 Å². The second-order valence-electron chi connectivity index (χ2n) is 7.58. The van der Waals surface area contributed by atoms with Crippen LogP contribution in [0, 0.1) is 17.6 Å². The summed E-state index contributed by atoms with van der Waals surface area (Å²) in [6.45, 7) is 3.22. The Hall–Kier alpha value is -2.71. The summed E-state index contributed by atoms with van der Waals surface area (Å²) in [5, 5.41) is 2.60. The predicted molar refractivity (Wildman–Crippen MR) is 102 cm³/mol. The minimum Gasteiger partial charge on any atom is -0.356 e. The van der Waals surface area contributed by atoms with Crippen molar-refractivity contribution in [1.82, 2.24) is 10.3 Å². The quantitative estimate of drug-likeness (QED) is 0.716. The molecule has 1 N–H and O–H groups in total. The molecule has 0 bridgehead atoms. The molecule has 1 aromatic carbocycles. The molecule has 9 heteroatoms. The molecule has 1 amide bonds. The standard InChI is InChI=1S/C21H22F5N3O/c1-13-4-6-29(7-5-13)20-15(2-3-18(28-20)21(24,25)26)12-27-19(30)10-14-8-16(22)11-17(23)9-14/h2-3,8-9,11,13H,4-7,10,12H2,1H3,(H,27,30). The number of hydrogen-bond acceptors (Lipinski definition) is 3. The molecular formula is C21H22F5N3O. The summed E-state index contributed by atoms with van der Waals surface area (Å²) < 4.78 is 66.0. The summed E-state index contributed by atoms with van der Waals surface area (Å²) in [5.74, 6) is -1.38. The van der Waals surface area contributed by atoms with Crippen LogP contribution in [-0.4, -0.2) is 24.0 Å². The van der Waals surface area contributed by atoms with Gasteiger partial charge in [0, 0.05) is 31.3 Å². The Morgan fingerprint density at radius 2 is 1.77 bits per heavy atom. The van der Waals surface area contributed by atoms with Gasteiger partial charge < -0.3 is 10.2 Å². The minimum atomic E-state index is -4.57. The number of carbonyl (C=O) groups is 1. The van der Waals surface area contributed by atoms with Crippen LogP contribution in [0.5, 0.6) is 0 Å². The van der Waals surface area contributed by atoms with E-state index in [0.717, 1.165) is 31.0 Å². The van der Waals surface area contributed by atoms with Crippen LogP contribution in [0.15, 0.2) is 30.3 Å². The van der Waals surface area contributed by atoms with Crippen molar-refractivity contribution < 1.29 is 26.7 Å². The van der Waals surface area contributed by atoms with Crippen LogP contribution in [-0.2, 0) is 23.9 Å². The molecule has 1 aromatic heterocycles. The number of nitrogens with one attached hydrogen (secondary N) is 1. The van der Waals surface area contributed by atoms with E-state index in [-0.39, 0.29) is 24.3 Å². The first kappa shape index (κ1) is 22.0. The monoisotopic (exact) mass is 427 g/mol. The molecule has 30 heavy (non-hydrogen) atoms. The minimum absolute atomic E-state index is 0.0385. The first-order valence-corrected chi connectivity index (χ1v) is 9.65. The van der Waals surface area contributed by atoms with Gasteiger partial charge in [-0.3, -0.25) is 4.79 Å². The van der Waals surface area contributed by atoms with Gasteiger partial charge in [-0.05, 0) is 42.5 Å². The highest BCUT2D eigenvalue weighted by Crippen LogP contribution is 2.32. The number of rotatable bonds is 5. The van der Waals surface area contributed by atoms with Gasteiger partial charge in [0.05, 0.1) is 6.42 Å². The summed E-state index contributed by atoms with van der Waals surface area (Å²) in [5.41, 5.74) is -0.362. The van der Waals surface area contributed by atoms with Crippen LogP contribution in [0.1, 0.15) is 36.6 Å². The number of carbonyl (C=O) groups excluding carboxylic acids is 1. The lowest BCUT2D eigenvalue weighted by Gasteiger charge is -2.33. The zero-order valence-corrected chi connectivity index (χ0v) is 16.4. The summed E-state index contributed by atoms with van der Waals surface area (Å²) in [4.78, 5) is 17.8. The third-order valence-electron chi connectivity index (χ3n) is 5.09. The van der Waals surface area contributed by atoms with E-state index in [2.05, 4.69) is 17.2 Å². The van der Waals surface area contributed by atoms with Crippen LogP contribution in [0.2, 0.25) is 0 Å². The average molecular weight is 427 g/mol. The van der Waals surface area contributed by atoms with E-state index >= 15 is 0 Å². The van der Waals surface area contributed by atoms with E-state index in [1.807, 2.05) is 0 Å². The fourth-order valence-corrected chi connectivity index (χ4v) is 3.42. The highest BCUT2D eigenvalue weighted by Gasteiger charge is 2.34. The Balaban J connectivity index is 1.74. The van der Waals surface area contributed by atoms with Crippen LogP contribution >= 0.6 is 0 Å². The van der Waals surface area contributed by atoms with Gasteiger partial charge in [-0.1, -0.05) is 13.0 Å². The second kappa shape index (κ2) is 8.97. The summed E-state index contributed by atoms with van der Waals surface area (Å²) in [7, 11) is 0. The van der Waals surface area contributed by atoms with E-state index in [1.54, 1.807) is 4.90 Å².